The predicted octanol–water partition coefficient (Wildman–Crippen LogP) is 1.12. The van der Waals surface area contributed by atoms with Gasteiger partial charge >= 0.3 is 5.97 Å². The van der Waals surface area contributed by atoms with Crippen LogP contribution in [0.4, 0.5) is 0 Å². The lowest BCUT2D eigenvalue weighted by Gasteiger charge is -2.16. The van der Waals surface area contributed by atoms with Gasteiger partial charge in [-0.2, -0.15) is 0 Å². The molecule has 16 heavy (non-hydrogen) atoms. The number of aryl methyl sites for hydroxylation is 1. The Kier molecular flexibility index (Phi) is 4.46. The van der Waals surface area contributed by atoms with Gasteiger partial charge in [-0.15, -0.1) is 0 Å². The molecular weight excluding hydrogens is 208 g/mol. The fraction of sp³-hybridized carbons (Fsp3) is 0.417. The fourth-order valence-corrected chi connectivity index (χ4v) is 1.46. The molecule has 88 valence electrons. The molecule has 3 N–H and O–H groups in total. The van der Waals surface area contributed by atoms with Crippen LogP contribution >= 0.6 is 0 Å². The molecule has 0 spiro atoms. The van der Waals surface area contributed by atoms with Gasteiger partial charge < -0.3 is 15.3 Å². The van der Waals surface area contributed by atoms with E-state index in [2.05, 4.69) is 0 Å². The number of benzene rings is 1. The Morgan fingerprint density at radius 2 is 1.81 bits per heavy atom. The molecule has 1 aromatic carbocycles. The van der Waals surface area contributed by atoms with Crippen molar-refractivity contribution in [3.8, 4) is 0 Å². The van der Waals surface area contributed by atoms with Crippen LogP contribution in [0.5, 0.6) is 0 Å². The van der Waals surface area contributed by atoms with E-state index in [9.17, 15) is 15.0 Å². The highest BCUT2D eigenvalue weighted by atomic mass is 16.4. The molecule has 4 heteroatoms. The predicted molar refractivity (Wildman–Crippen MR) is 59.0 cm³/mol. The summed E-state index contributed by atoms with van der Waals surface area (Å²) in [5.41, 5.74) is 1.66. The molecule has 0 fully saturated rings. The normalized spacial score (nSPS) is 14.4. The molecule has 0 aliphatic carbocycles. The van der Waals surface area contributed by atoms with Crippen LogP contribution in [0.25, 0.3) is 0 Å². The molecule has 0 aromatic heterocycles. The van der Waals surface area contributed by atoms with Crippen LogP contribution in [-0.2, 0) is 11.2 Å². The number of carboxylic acid groups (broad SMARTS) is 1. The van der Waals surface area contributed by atoms with Gasteiger partial charge in [0.1, 0.15) is 6.10 Å². The third-order valence-corrected chi connectivity index (χ3v) is 2.48. The number of hydrogen-bond acceptors (Lipinski definition) is 3. The highest BCUT2D eigenvalue weighted by molar-refractivity contribution is 5.67. The quantitative estimate of drug-likeness (QED) is 0.700. The first kappa shape index (κ1) is 12.7. The van der Waals surface area contributed by atoms with Crippen LogP contribution in [0.2, 0.25) is 0 Å². The molecule has 0 bridgehead atoms. The summed E-state index contributed by atoms with van der Waals surface area (Å²) in [5, 5.41) is 27.6. The van der Waals surface area contributed by atoms with Crippen molar-refractivity contribution in [3.63, 3.8) is 0 Å². The Morgan fingerprint density at radius 1 is 1.25 bits per heavy atom. The smallest absolute Gasteiger partial charge is 0.306 e. The number of aliphatic hydroxyl groups excluding tert-OH is 2. The molecule has 2 atom stereocenters. The lowest BCUT2D eigenvalue weighted by Crippen LogP contribution is -2.21. The molecular formula is C12H16O4. The van der Waals surface area contributed by atoms with Crippen molar-refractivity contribution in [2.75, 3.05) is 0 Å². The third-order valence-electron chi connectivity index (χ3n) is 2.48. The highest BCUT2D eigenvalue weighted by Gasteiger charge is 2.20. The maximum Gasteiger partial charge on any atom is 0.306 e. The van der Waals surface area contributed by atoms with Crippen LogP contribution < -0.4 is 0 Å². The zero-order chi connectivity index (χ0) is 12.1. The number of carbonyl (C=O) groups is 1. The Labute approximate surface area is 94.2 Å². The monoisotopic (exact) mass is 224 g/mol. The van der Waals surface area contributed by atoms with Crippen LogP contribution in [-0.4, -0.2) is 27.4 Å². The largest absolute Gasteiger partial charge is 0.481 e. The van der Waals surface area contributed by atoms with Crippen molar-refractivity contribution in [1.82, 2.24) is 0 Å². The number of hydrogen-bond donors (Lipinski definition) is 3. The molecule has 2 unspecified atom stereocenters. The van der Waals surface area contributed by atoms with Crippen molar-refractivity contribution in [1.29, 1.82) is 0 Å². The van der Waals surface area contributed by atoms with E-state index in [1.807, 2.05) is 19.1 Å². The summed E-state index contributed by atoms with van der Waals surface area (Å²) in [4.78, 5) is 10.4. The summed E-state index contributed by atoms with van der Waals surface area (Å²) in [6.45, 7) is 2.02. The second-order valence-corrected chi connectivity index (χ2v) is 3.71. The third kappa shape index (κ3) is 3.32. The van der Waals surface area contributed by atoms with Gasteiger partial charge in [0, 0.05) is 0 Å². The van der Waals surface area contributed by atoms with Gasteiger partial charge in [-0.25, -0.2) is 0 Å². The molecule has 0 radical (unpaired) electrons. The lowest BCUT2D eigenvalue weighted by molar-refractivity contribution is -0.141. The molecule has 0 saturated carbocycles. The van der Waals surface area contributed by atoms with E-state index in [-0.39, 0.29) is 0 Å². The maximum atomic E-state index is 10.4. The Hall–Kier alpha value is -1.39. The Morgan fingerprint density at radius 3 is 2.25 bits per heavy atom. The van der Waals surface area contributed by atoms with Crippen LogP contribution in [0.3, 0.4) is 0 Å². The summed E-state index contributed by atoms with van der Waals surface area (Å²) in [7, 11) is 0. The van der Waals surface area contributed by atoms with E-state index >= 15 is 0 Å². The minimum atomic E-state index is -1.27. The van der Waals surface area contributed by atoms with E-state index in [1.54, 1.807) is 12.1 Å². The summed E-state index contributed by atoms with van der Waals surface area (Å²) < 4.78 is 0. The second-order valence-electron chi connectivity index (χ2n) is 3.71. The number of aliphatic carboxylic acids is 1. The van der Waals surface area contributed by atoms with Gasteiger partial charge in [0.05, 0.1) is 12.5 Å². The molecule has 0 aliphatic rings. The molecule has 0 aliphatic heterocycles. The van der Waals surface area contributed by atoms with Crippen LogP contribution in [0.1, 0.15) is 30.6 Å². The number of carboxylic acids is 1. The van der Waals surface area contributed by atoms with Crippen LogP contribution in [0.15, 0.2) is 24.3 Å². The standard InChI is InChI=1S/C12H16O4/c1-2-8-3-5-9(6-4-8)12(16)10(13)7-11(14)15/h3-6,10,12-13,16H,2,7H2,1H3,(H,14,15). The van der Waals surface area contributed by atoms with Gasteiger partial charge in [0.15, 0.2) is 0 Å². The fourth-order valence-electron chi connectivity index (χ4n) is 1.46. The molecule has 1 aromatic rings. The summed E-state index contributed by atoms with van der Waals surface area (Å²) in [6, 6.07) is 7.11. The molecule has 0 saturated heterocycles. The minimum absolute atomic E-state index is 0.462. The SMILES string of the molecule is CCc1ccc(C(O)C(O)CC(=O)O)cc1. The van der Waals surface area contributed by atoms with E-state index in [0.29, 0.717) is 5.56 Å². The highest BCUT2D eigenvalue weighted by Crippen LogP contribution is 2.19. The topological polar surface area (TPSA) is 77.8 Å². The summed E-state index contributed by atoms with van der Waals surface area (Å²) >= 11 is 0. The van der Waals surface area contributed by atoms with E-state index in [0.717, 1.165) is 12.0 Å². The second kappa shape index (κ2) is 5.63. The van der Waals surface area contributed by atoms with E-state index < -0.39 is 24.6 Å². The Balaban J connectivity index is 2.71. The Bertz CT molecular complexity index is 345. The van der Waals surface area contributed by atoms with Gasteiger partial charge in [0.25, 0.3) is 0 Å². The van der Waals surface area contributed by atoms with Gasteiger partial charge in [-0.05, 0) is 17.5 Å². The van der Waals surface area contributed by atoms with E-state index in [4.69, 9.17) is 5.11 Å². The van der Waals surface area contributed by atoms with Crippen molar-refractivity contribution in [2.24, 2.45) is 0 Å². The van der Waals surface area contributed by atoms with Crippen molar-refractivity contribution in [2.45, 2.75) is 32.0 Å². The zero-order valence-electron chi connectivity index (χ0n) is 9.13. The number of aliphatic hydroxyl groups is 2. The maximum absolute atomic E-state index is 10.4. The minimum Gasteiger partial charge on any atom is -0.481 e. The molecule has 1 rings (SSSR count). The van der Waals surface area contributed by atoms with Crippen molar-refractivity contribution in [3.05, 3.63) is 35.4 Å². The molecule has 0 amide bonds. The average Bonchev–Trinajstić information content (AvgIpc) is 2.27. The van der Waals surface area contributed by atoms with Gasteiger partial charge in [0.2, 0.25) is 0 Å². The average molecular weight is 224 g/mol. The molecule has 0 heterocycles. The molecule has 4 nitrogen and oxygen atoms in total. The number of rotatable bonds is 5. The summed E-state index contributed by atoms with van der Waals surface area (Å²) in [6.07, 6.45) is -1.99. The zero-order valence-corrected chi connectivity index (χ0v) is 9.13. The van der Waals surface area contributed by atoms with Crippen molar-refractivity contribution >= 4 is 5.97 Å². The summed E-state index contributed by atoms with van der Waals surface area (Å²) in [5.74, 6) is -1.13. The van der Waals surface area contributed by atoms with Crippen molar-refractivity contribution < 1.29 is 20.1 Å². The van der Waals surface area contributed by atoms with Crippen LogP contribution in [0, 0.1) is 0 Å². The lowest BCUT2D eigenvalue weighted by atomic mass is 10.0. The van der Waals surface area contributed by atoms with E-state index in [1.165, 1.54) is 0 Å². The first-order chi connectivity index (χ1) is 7.54. The van der Waals surface area contributed by atoms with Gasteiger partial charge in [-0.1, -0.05) is 31.2 Å². The first-order valence-electron chi connectivity index (χ1n) is 5.21. The first-order valence-corrected chi connectivity index (χ1v) is 5.21. The van der Waals surface area contributed by atoms with Gasteiger partial charge in [-0.3, -0.25) is 4.79 Å².